The summed E-state index contributed by atoms with van der Waals surface area (Å²) in [6.07, 6.45) is 5.18. The van der Waals surface area contributed by atoms with E-state index in [2.05, 4.69) is 21.0 Å². The highest BCUT2D eigenvalue weighted by atomic mass is 79.9. The lowest BCUT2D eigenvalue weighted by atomic mass is 10.0. The van der Waals surface area contributed by atoms with E-state index in [1.807, 2.05) is 4.68 Å². The molecule has 0 amide bonds. The van der Waals surface area contributed by atoms with Crippen molar-refractivity contribution in [2.75, 3.05) is 20.3 Å². The number of nitrogens with zero attached hydrogens (tertiary/aromatic N) is 2. The number of nitrogens with two attached hydrogens (primary N) is 1. The van der Waals surface area contributed by atoms with Gasteiger partial charge in [-0.25, -0.2) is 0 Å². The van der Waals surface area contributed by atoms with Gasteiger partial charge in [0, 0.05) is 13.7 Å². The molecule has 0 spiro atoms. The van der Waals surface area contributed by atoms with Crippen molar-refractivity contribution in [3.63, 3.8) is 0 Å². The maximum atomic E-state index is 6.28. The summed E-state index contributed by atoms with van der Waals surface area (Å²) in [5.74, 6) is 0. The van der Waals surface area contributed by atoms with Crippen LogP contribution in [0, 0.1) is 0 Å². The van der Waals surface area contributed by atoms with Crippen LogP contribution in [0.2, 0.25) is 0 Å². The van der Waals surface area contributed by atoms with Crippen LogP contribution in [0.5, 0.6) is 0 Å². The number of methoxy groups -OCH3 is 1. The molecular formula is C12H20BrN3O2. The van der Waals surface area contributed by atoms with Crippen molar-refractivity contribution in [3.05, 3.63) is 16.4 Å². The number of hydrogen-bond acceptors (Lipinski definition) is 4. The predicted molar refractivity (Wildman–Crippen MR) is 72.3 cm³/mol. The molecule has 2 atom stereocenters. The minimum atomic E-state index is -0.0539. The molecule has 0 aromatic carbocycles. The van der Waals surface area contributed by atoms with Gasteiger partial charge in [0.2, 0.25) is 0 Å². The van der Waals surface area contributed by atoms with E-state index >= 15 is 0 Å². The highest BCUT2D eigenvalue weighted by Gasteiger charge is 2.23. The number of halogens is 1. The molecule has 1 saturated heterocycles. The number of hydrogen-bond donors (Lipinski definition) is 1. The third-order valence-corrected chi connectivity index (χ3v) is 3.84. The molecule has 2 rings (SSSR count). The molecule has 1 aromatic rings. The number of aromatic nitrogens is 2. The molecule has 18 heavy (non-hydrogen) atoms. The first-order valence-corrected chi connectivity index (χ1v) is 7.09. The standard InChI is InChI=1S/C12H20BrN3O2/c1-17-6-4-16-12(10(13)8-15-16)11(14)7-9-3-2-5-18-9/h8-9,11H,2-7,14H2,1H3. The van der Waals surface area contributed by atoms with E-state index in [1.54, 1.807) is 13.3 Å². The van der Waals surface area contributed by atoms with Crippen LogP contribution >= 0.6 is 15.9 Å². The Labute approximate surface area is 116 Å². The average molecular weight is 318 g/mol. The van der Waals surface area contributed by atoms with Crippen LogP contribution < -0.4 is 5.73 Å². The Bertz CT molecular complexity index is 377. The molecule has 2 unspecified atom stereocenters. The van der Waals surface area contributed by atoms with Crippen molar-refractivity contribution in [2.45, 2.75) is 38.0 Å². The van der Waals surface area contributed by atoms with Gasteiger partial charge in [0.25, 0.3) is 0 Å². The van der Waals surface area contributed by atoms with Gasteiger partial charge in [-0.3, -0.25) is 4.68 Å². The summed E-state index contributed by atoms with van der Waals surface area (Å²) in [5, 5.41) is 4.32. The summed E-state index contributed by atoms with van der Waals surface area (Å²) in [6.45, 7) is 2.21. The topological polar surface area (TPSA) is 62.3 Å². The average Bonchev–Trinajstić information content (AvgIpc) is 2.96. The van der Waals surface area contributed by atoms with E-state index in [9.17, 15) is 0 Å². The Balaban J connectivity index is 2.02. The van der Waals surface area contributed by atoms with Crippen LogP contribution in [-0.2, 0) is 16.0 Å². The monoisotopic (exact) mass is 317 g/mol. The summed E-state index contributed by atoms with van der Waals surface area (Å²) in [4.78, 5) is 0. The van der Waals surface area contributed by atoms with Crippen LogP contribution in [0.3, 0.4) is 0 Å². The van der Waals surface area contributed by atoms with Crippen molar-refractivity contribution in [1.29, 1.82) is 0 Å². The van der Waals surface area contributed by atoms with Gasteiger partial charge in [-0.05, 0) is 35.2 Å². The molecular weight excluding hydrogens is 298 g/mol. The minimum Gasteiger partial charge on any atom is -0.383 e. The molecule has 6 heteroatoms. The largest absolute Gasteiger partial charge is 0.383 e. The maximum Gasteiger partial charge on any atom is 0.0695 e. The zero-order valence-corrected chi connectivity index (χ0v) is 12.2. The normalized spacial score (nSPS) is 21.4. The van der Waals surface area contributed by atoms with Crippen molar-refractivity contribution < 1.29 is 9.47 Å². The lowest BCUT2D eigenvalue weighted by Gasteiger charge is -2.18. The highest BCUT2D eigenvalue weighted by Crippen LogP contribution is 2.28. The Morgan fingerprint density at radius 2 is 2.56 bits per heavy atom. The SMILES string of the molecule is COCCn1ncc(Br)c1C(N)CC1CCCO1. The van der Waals surface area contributed by atoms with Gasteiger partial charge in [-0.2, -0.15) is 5.10 Å². The molecule has 0 radical (unpaired) electrons. The predicted octanol–water partition coefficient (Wildman–Crippen LogP) is 1.86. The third-order valence-electron chi connectivity index (χ3n) is 3.23. The molecule has 0 saturated carbocycles. The van der Waals surface area contributed by atoms with Crippen LogP contribution in [-0.4, -0.2) is 36.2 Å². The first-order chi connectivity index (χ1) is 8.72. The fourth-order valence-electron chi connectivity index (χ4n) is 2.32. The Morgan fingerprint density at radius 1 is 1.72 bits per heavy atom. The Kier molecular flexibility index (Phi) is 5.17. The second-order valence-electron chi connectivity index (χ2n) is 4.57. The van der Waals surface area contributed by atoms with Crippen molar-refractivity contribution in [1.82, 2.24) is 9.78 Å². The van der Waals surface area contributed by atoms with Crippen molar-refractivity contribution >= 4 is 15.9 Å². The smallest absolute Gasteiger partial charge is 0.0695 e. The molecule has 1 fully saturated rings. The second kappa shape index (κ2) is 6.65. The van der Waals surface area contributed by atoms with Crippen LogP contribution in [0.4, 0.5) is 0 Å². The van der Waals surface area contributed by atoms with Crippen molar-refractivity contribution in [3.8, 4) is 0 Å². The van der Waals surface area contributed by atoms with Gasteiger partial charge >= 0.3 is 0 Å². The summed E-state index contributed by atoms with van der Waals surface area (Å²) < 4.78 is 13.6. The molecule has 1 aliphatic rings. The van der Waals surface area contributed by atoms with Crippen LogP contribution in [0.15, 0.2) is 10.7 Å². The molecule has 0 bridgehead atoms. The molecule has 1 aliphatic heterocycles. The van der Waals surface area contributed by atoms with Gasteiger partial charge in [0.05, 0.1) is 41.7 Å². The summed E-state index contributed by atoms with van der Waals surface area (Å²) in [6, 6.07) is -0.0539. The fraction of sp³-hybridized carbons (Fsp3) is 0.750. The number of rotatable bonds is 6. The first kappa shape index (κ1) is 14.0. The van der Waals surface area contributed by atoms with Gasteiger partial charge in [0.15, 0.2) is 0 Å². The molecule has 102 valence electrons. The van der Waals surface area contributed by atoms with E-state index in [0.29, 0.717) is 6.61 Å². The van der Waals surface area contributed by atoms with Crippen molar-refractivity contribution in [2.24, 2.45) is 5.73 Å². The lowest BCUT2D eigenvalue weighted by molar-refractivity contribution is 0.0972. The quantitative estimate of drug-likeness (QED) is 0.870. The number of ether oxygens (including phenoxy) is 2. The van der Waals surface area contributed by atoms with Crippen LogP contribution in [0.1, 0.15) is 31.0 Å². The molecule has 1 aromatic heterocycles. The third kappa shape index (κ3) is 3.32. The Hall–Kier alpha value is -0.430. The summed E-state index contributed by atoms with van der Waals surface area (Å²) >= 11 is 3.51. The van der Waals surface area contributed by atoms with Crippen LogP contribution in [0.25, 0.3) is 0 Å². The Morgan fingerprint density at radius 3 is 3.22 bits per heavy atom. The zero-order chi connectivity index (χ0) is 13.0. The van der Waals surface area contributed by atoms with E-state index < -0.39 is 0 Å². The molecule has 5 nitrogen and oxygen atoms in total. The fourth-order valence-corrected chi connectivity index (χ4v) is 2.91. The summed E-state index contributed by atoms with van der Waals surface area (Å²) in [7, 11) is 1.69. The molecule has 2 heterocycles. The zero-order valence-electron chi connectivity index (χ0n) is 10.6. The lowest BCUT2D eigenvalue weighted by Crippen LogP contribution is -2.23. The van der Waals surface area contributed by atoms with Gasteiger partial charge in [0.1, 0.15) is 0 Å². The summed E-state index contributed by atoms with van der Waals surface area (Å²) in [5.41, 5.74) is 7.31. The highest BCUT2D eigenvalue weighted by molar-refractivity contribution is 9.10. The van der Waals surface area contributed by atoms with E-state index in [-0.39, 0.29) is 12.1 Å². The minimum absolute atomic E-state index is 0.0539. The second-order valence-corrected chi connectivity index (χ2v) is 5.43. The molecule has 2 N–H and O–H groups in total. The van der Waals surface area contributed by atoms with Gasteiger partial charge in [-0.15, -0.1) is 0 Å². The van der Waals surface area contributed by atoms with E-state index in [4.69, 9.17) is 15.2 Å². The van der Waals surface area contributed by atoms with E-state index in [0.717, 1.165) is 42.6 Å². The molecule has 0 aliphatic carbocycles. The van der Waals surface area contributed by atoms with Gasteiger partial charge in [-0.1, -0.05) is 0 Å². The van der Waals surface area contributed by atoms with E-state index in [1.165, 1.54) is 0 Å². The maximum absolute atomic E-state index is 6.28. The first-order valence-electron chi connectivity index (χ1n) is 6.29. The van der Waals surface area contributed by atoms with Gasteiger partial charge < -0.3 is 15.2 Å².